The number of benzene rings is 2. The first-order valence-corrected chi connectivity index (χ1v) is 8.05. The molecule has 0 bridgehead atoms. The minimum Gasteiger partial charge on any atom is -0.505 e. The Kier molecular flexibility index (Phi) is 4.80. The number of nitrogens with two attached hydrogens (primary N) is 1. The highest BCUT2D eigenvalue weighted by Crippen LogP contribution is 2.40. The van der Waals surface area contributed by atoms with Crippen LogP contribution < -0.4 is 5.73 Å². The maximum atomic E-state index is 10.5. The van der Waals surface area contributed by atoms with Crippen molar-refractivity contribution in [1.82, 2.24) is 0 Å². The molecule has 2 nitrogen and oxygen atoms in total. The second kappa shape index (κ2) is 6.43. The molecule has 0 heterocycles. The van der Waals surface area contributed by atoms with E-state index in [1.807, 2.05) is 0 Å². The molecule has 0 amide bonds. The Morgan fingerprint density at radius 1 is 1.27 bits per heavy atom. The zero-order valence-electron chi connectivity index (χ0n) is 14.3. The fourth-order valence-electron chi connectivity index (χ4n) is 2.97. The molecule has 118 valence electrons. The van der Waals surface area contributed by atoms with Crippen molar-refractivity contribution in [2.75, 3.05) is 5.73 Å². The van der Waals surface area contributed by atoms with Gasteiger partial charge >= 0.3 is 0 Å². The second-order valence-corrected chi connectivity index (χ2v) is 6.52. The molecule has 2 rings (SSSR count). The standard InChI is InChI=1S/C20H27NO/c1-6-14-8-9-15-11-17(13(4)5)20(22)19(21)18(15)16(14)10-7-12(2)3/h7-9,11,13,22H,6,10,21H2,1-5H3. The number of allylic oxidation sites excluding steroid dienone is 2. The lowest BCUT2D eigenvalue weighted by molar-refractivity contribution is 0.468. The summed E-state index contributed by atoms with van der Waals surface area (Å²) < 4.78 is 0. The summed E-state index contributed by atoms with van der Waals surface area (Å²) in [5.74, 6) is 0.494. The topological polar surface area (TPSA) is 46.2 Å². The molecule has 0 aromatic heterocycles. The fourth-order valence-corrected chi connectivity index (χ4v) is 2.97. The lowest BCUT2D eigenvalue weighted by atomic mass is 9.90. The number of nitrogen functional groups attached to an aromatic ring is 1. The maximum absolute atomic E-state index is 10.5. The lowest BCUT2D eigenvalue weighted by Crippen LogP contribution is -2.00. The van der Waals surface area contributed by atoms with Crippen molar-refractivity contribution >= 4 is 16.5 Å². The Labute approximate surface area is 133 Å². The van der Waals surface area contributed by atoms with Crippen LogP contribution in [0.1, 0.15) is 57.2 Å². The van der Waals surface area contributed by atoms with E-state index >= 15 is 0 Å². The largest absolute Gasteiger partial charge is 0.505 e. The Hall–Kier alpha value is -1.96. The van der Waals surface area contributed by atoms with Gasteiger partial charge in [0.2, 0.25) is 0 Å². The molecule has 22 heavy (non-hydrogen) atoms. The third-order valence-corrected chi connectivity index (χ3v) is 4.27. The van der Waals surface area contributed by atoms with Crippen molar-refractivity contribution < 1.29 is 5.11 Å². The molecule has 0 saturated carbocycles. The zero-order valence-corrected chi connectivity index (χ0v) is 14.3. The first-order valence-electron chi connectivity index (χ1n) is 8.05. The summed E-state index contributed by atoms with van der Waals surface area (Å²) in [7, 11) is 0. The molecule has 0 spiro atoms. The highest BCUT2D eigenvalue weighted by Gasteiger charge is 2.16. The first-order chi connectivity index (χ1) is 10.4. The number of phenols is 1. The smallest absolute Gasteiger partial charge is 0.142 e. The van der Waals surface area contributed by atoms with Crippen molar-refractivity contribution in [1.29, 1.82) is 0 Å². The molecule has 3 N–H and O–H groups in total. The molecule has 0 radical (unpaired) electrons. The Morgan fingerprint density at radius 2 is 1.95 bits per heavy atom. The second-order valence-electron chi connectivity index (χ2n) is 6.52. The van der Waals surface area contributed by atoms with Gasteiger partial charge in [-0.2, -0.15) is 0 Å². The van der Waals surface area contributed by atoms with Crippen LogP contribution in [0.25, 0.3) is 10.8 Å². The Morgan fingerprint density at radius 3 is 2.50 bits per heavy atom. The van der Waals surface area contributed by atoms with Crippen LogP contribution in [0.2, 0.25) is 0 Å². The van der Waals surface area contributed by atoms with Crippen molar-refractivity contribution in [2.24, 2.45) is 0 Å². The van der Waals surface area contributed by atoms with Crippen LogP contribution in [-0.2, 0) is 12.8 Å². The van der Waals surface area contributed by atoms with Gasteiger partial charge in [-0.05, 0) is 60.7 Å². The quantitative estimate of drug-likeness (QED) is 0.455. The van der Waals surface area contributed by atoms with Crippen molar-refractivity contribution in [2.45, 2.75) is 53.4 Å². The van der Waals surface area contributed by atoms with Gasteiger partial charge in [-0.1, -0.05) is 44.6 Å². The normalized spacial score (nSPS) is 11.2. The van der Waals surface area contributed by atoms with Crippen LogP contribution in [-0.4, -0.2) is 5.11 Å². The van der Waals surface area contributed by atoms with Gasteiger partial charge in [-0.3, -0.25) is 0 Å². The summed E-state index contributed by atoms with van der Waals surface area (Å²) in [6.45, 7) is 10.5. The third-order valence-electron chi connectivity index (χ3n) is 4.27. The van der Waals surface area contributed by atoms with Crippen LogP contribution in [0.4, 0.5) is 5.69 Å². The van der Waals surface area contributed by atoms with E-state index in [4.69, 9.17) is 5.73 Å². The van der Waals surface area contributed by atoms with E-state index < -0.39 is 0 Å². The summed E-state index contributed by atoms with van der Waals surface area (Å²) in [6.07, 6.45) is 4.04. The van der Waals surface area contributed by atoms with Crippen LogP contribution in [0.5, 0.6) is 5.75 Å². The Bertz CT molecular complexity index is 722. The van der Waals surface area contributed by atoms with E-state index in [0.29, 0.717) is 5.69 Å². The van der Waals surface area contributed by atoms with E-state index in [2.05, 4.69) is 58.9 Å². The molecule has 0 aliphatic heterocycles. The molecule has 0 unspecified atom stereocenters. The van der Waals surface area contributed by atoms with E-state index in [9.17, 15) is 5.11 Å². The number of rotatable bonds is 4. The molecule has 2 aromatic rings. The van der Waals surface area contributed by atoms with E-state index in [1.54, 1.807) is 0 Å². The number of phenolic OH excluding ortho intramolecular Hbond substituents is 1. The van der Waals surface area contributed by atoms with Gasteiger partial charge in [0.05, 0.1) is 5.69 Å². The summed E-state index contributed by atoms with van der Waals surface area (Å²) in [5, 5.41) is 12.6. The summed E-state index contributed by atoms with van der Waals surface area (Å²) in [4.78, 5) is 0. The molecule has 0 atom stereocenters. The number of anilines is 1. The van der Waals surface area contributed by atoms with E-state index in [0.717, 1.165) is 29.2 Å². The summed E-state index contributed by atoms with van der Waals surface area (Å²) >= 11 is 0. The van der Waals surface area contributed by atoms with E-state index in [1.165, 1.54) is 16.7 Å². The van der Waals surface area contributed by atoms with Gasteiger partial charge in [-0.15, -0.1) is 0 Å². The van der Waals surface area contributed by atoms with Gasteiger partial charge in [0, 0.05) is 5.39 Å². The van der Waals surface area contributed by atoms with Gasteiger partial charge in [0.1, 0.15) is 5.75 Å². The number of hydrogen-bond donors (Lipinski definition) is 2. The lowest BCUT2D eigenvalue weighted by Gasteiger charge is -2.18. The van der Waals surface area contributed by atoms with Crippen LogP contribution in [0, 0.1) is 0 Å². The molecule has 0 aliphatic rings. The minimum atomic E-state index is 0.245. The number of fused-ring (bicyclic) bond motifs is 1. The fraction of sp³-hybridized carbons (Fsp3) is 0.400. The summed E-state index contributed by atoms with van der Waals surface area (Å²) in [5.41, 5.74) is 11.6. The van der Waals surface area contributed by atoms with Crippen LogP contribution >= 0.6 is 0 Å². The van der Waals surface area contributed by atoms with Gasteiger partial charge < -0.3 is 10.8 Å². The number of hydrogen-bond acceptors (Lipinski definition) is 2. The Balaban J connectivity index is 2.80. The molecule has 0 fully saturated rings. The highest BCUT2D eigenvalue weighted by atomic mass is 16.3. The number of aryl methyl sites for hydroxylation is 1. The number of aromatic hydroxyl groups is 1. The predicted molar refractivity (Wildman–Crippen MR) is 96.6 cm³/mol. The molecular formula is C20H27NO. The summed E-state index contributed by atoms with van der Waals surface area (Å²) in [6, 6.07) is 6.40. The van der Waals surface area contributed by atoms with Gasteiger partial charge in [-0.25, -0.2) is 0 Å². The maximum Gasteiger partial charge on any atom is 0.142 e. The van der Waals surface area contributed by atoms with Gasteiger partial charge in [0.25, 0.3) is 0 Å². The SMILES string of the molecule is CCc1ccc2cc(C(C)C)c(O)c(N)c2c1CC=C(C)C. The molecular weight excluding hydrogens is 270 g/mol. The van der Waals surface area contributed by atoms with Crippen molar-refractivity contribution in [3.05, 3.63) is 46.5 Å². The molecule has 0 aliphatic carbocycles. The zero-order chi connectivity index (χ0) is 16.4. The average Bonchev–Trinajstić information content (AvgIpc) is 2.47. The van der Waals surface area contributed by atoms with Crippen molar-refractivity contribution in [3.63, 3.8) is 0 Å². The van der Waals surface area contributed by atoms with Gasteiger partial charge in [0.15, 0.2) is 0 Å². The van der Waals surface area contributed by atoms with E-state index in [-0.39, 0.29) is 11.7 Å². The highest BCUT2D eigenvalue weighted by molar-refractivity contribution is 6.00. The average molecular weight is 297 g/mol. The molecule has 0 saturated heterocycles. The van der Waals surface area contributed by atoms with Crippen LogP contribution in [0.3, 0.4) is 0 Å². The monoisotopic (exact) mass is 297 g/mol. The predicted octanol–water partition coefficient (Wildman–Crippen LogP) is 5.32. The molecule has 2 heteroatoms. The first kappa shape index (κ1) is 16.4. The third kappa shape index (κ3) is 2.96. The van der Waals surface area contributed by atoms with Crippen molar-refractivity contribution in [3.8, 4) is 5.75 Å². The minimum absolute atomic E-state index is 0.245. The van der Waals surface area contributed by atoms with Crippen LogP contribution in [0.15, 0.2) is 29.8 Å². The molecule has 2 aromatic carbocycles.